The standard InChI is InChI=1S/C21H23N3O4/c1-26-18-8-7-15(13-19(18)27-2)21(25)24-11-9-23(10-12-24)14-20-22-16-5-3-4-6-17(16)28-20/h3-8,13H,9-12,14H2,1-2H3. The van der Waals surface area contributed by atoms with E-state index in [0.29, 0.717) is 42.6 Å². The number of oxazole rings is 1. The molecule has 0 spiro atoms. The van der Waals surface area contributed by atoms with Crippen molar-refractivity contribution >= 4 is 17.0 Å². The zero-order valence-corrected chi connectivity index (χ0v) is 16.1. The highest BCUT2D eigenvalue weighted by Gasteiger charge is 2.24. The second-order valence-corrected chi connectivity index (χ2v) is 6.71. The van der Waals surface area contributed by atoms with Crippen molar-refractivity contribution in [3.63, 3.8) is 0 Å². The van der Waals surface area contributed by atoms with E-state index in [0.717, 1.165) is 24.2 Å². The lowest BCUT2D eigenvalue weighted by Gasteiger charge is -2.34. The molecule has 4 rings (SSSR count). The number of para-hydroxylation sites is 2. The molecule has 28 heavy (non-hydrogen) atoms. The summed E-state index contributed by atoms with van der Waals surface area (Å²) in [5, 5.41) is 0. The van der Waals surface area contributed by atoms with Gasteiger partial charge in [-0.15, -0.1) is 0 Å². The summed E-state index contributed by atoms with van der Waals surface area (Å²) >= 11 is 0. The number of carbonyl (C=O) groups excluding carboxylic acids is 1. The molecule has 0 radical (unpaired) electrons. The molecule has 146 valence electrons. The van der Waals surface area contributed by atoms with E-state index in [1.807, 2.05) is 29.2 Å². The topological polar surface area (TPSA) is 68.0 Å². The summed E-state index contributed by atoms with van der Waals surface area (Å²) in [6.07, 6.45) is 0. The van der Waals surface area contributed by atoms with Crippen LogP contribution in [0.1, 0.15) is 16.2 Å². The van der Waals surface area contributed by atoms with Crippen LogP contribution in [0.5, 0.6) is 11.5 Å². The van der Waals surface area contributed by atoms with E-state index in [1.54, 1.807) is 32.4 Å². The molecule has 0 unspecified atom stereocenters. The van der Waals surface area contributed by atoms with Crippen LogP contribution in [0.15, 0.2) is 46.9 Å². The van der Waals surface area contributed by atoms with Crippen molar-refractivity contribution in [3.8, 4) is 11.5 Å². The minimum absolute atomic E-state index is 0.00228. The second kappa shape index (κ2) is 7.90. The molecule has 7 heteroatoms. The molecule has 1 amide bonds. The van der Waals surface area contributed by atoms with E-state index in [9.17, 15) is 4.79 Å². The molecule has 1 fully saturated rings. The number of nitrogens with zero attached hydrogens (tertiary/aromatic N) is 3. The fraction of sp³-hybridized carbons (Fsp3) is 0.333. The van der Waals surface area contributed by atoms with Gasteiger partial charge in [0, 0.05) is 31.7 Å². The van der Waals surface area contributed by atoms with Crippen LogP contribution in [0.2, 0.25) is 0 Å². The van der Waals surface area contributed by atoms with E-state index in [-0.39, 0.29) is 5.91 Å². The summed E-state index contributed by atoms with van der Waals surface area (Å²) < 4.78 is 16.3. The number of hydrogen-bond donors (Lipinski definition) is 0. The van der Waals surface area contributed by atoms with Gasteiger partial charge in [0.05, 0.1) is 20.8 Å². The van der Waals surface area contributed by atoms with Crippen LogP contribution in [-0.4, -0.2) is 61.1 Å². The van der Waals surface area contributed by atoms with E-state index in [4.69, 9.17) is 13.9 Å². The number of ether oxygens (including phenoxy) is 2. The summed E-state index contributed by atoms with van der Waals surface area (Å²) in [6.45, 7) is 3.52. The van der Waals surface area contributed by atoms with Crippen LogP contribution < -0.4 is 9.47 Å². The SMILES string of the molecule is COc1ccc(C(=O)N2CCN(Cc3nc4ccccc4o3)CC2)cc1OC. The third-order valence-corrected chi connectivity index (χ3v) is 4.99. The molecular formula is C21H23N3O4. The normalized spacial score (nSPS) is 15.0. The Kier molecular flexibility index (Phi) is 5.16. The van der Waals surface area contributed by atoms with Crippen LogP contribution in [-0.2, 0) is 6.54 Å². The summed E-state index contributed by atoms with van der Waals surface area (Å²) in [7, 11) is 3.15. The minimum atomic E-state index is 0.00228. The Labute approximate surface area is 163 Å². The average Bonchev–Trinajstić information content (AvgIpc) is 3.15. The second-order valence-electron chi connectivity index (χ2n) is 6.71. The molecule has 1 saturated heterocycles. The highest BCUT2D eigenvalue weighted by molar-refractivity contribution is 5.95. The Bertz CT molecular complexity index is 944. The number of fused-ring (bicyclic) bond motifs is 1. The first-order valence-electron chi connectivity index (χ1n) is 9.26. The first kappa shape index (κ1) is 18.3. The van der Waals surface area contributed by atoms with Crippen LogP contribution in [0, 0.1) is 0 Å². The predicted octanol–water partition coefficient (Wildman–Crippen LogP) is 2.80. The molecule has 1 aliphatic heterocycles. The van der Waals surface area contributed by atoms with Crippen LogP contribution >= 0.6 is 0 Å². The van der Waals surface area contributed by atoms with Crippen molar-refractivity contribution in [1.82, 2.24) is 14.8 Å². The maximum absolute atomic E-state index is 12.8. The smallest absolute Gasteiger partial charge is 0.254 e. The average molecular weight is 381 g/mol. The molecule has 1 aromatic heterocycles. The number of aromatic nitrogens is 1. The molecule has 2 heterocycles. The predicted molar refractivity (Wildman–Crippen MR) is 105 cm³/mol. The number of benzene rings is 2. The van der Waals surface area contributed by atoms with Gasteiger partial charge in [-0.1, -0.05) is 12.1 Å². The van der Waals surface area contributed by atoms with E-state index in [1.165, 1.54) is 0 Å². The number of carbonyl (C=O) groups is 1. The Balaban J connectivity index is 1.37. The molecular weight excluding hydrogens is 358 g/mol. The summed E-state index contributed by atoms with van der Waals surface area (Å²) in [6, 6.07) is 13.0. The highest BCUT2D eigenvalue weighted by atomic mass is 16.5. The monoisotopic (exact) mass is 381 g/mol. The van der Waals surface area contributed by atoms with Gasteiger partial charge in [-0.3, -0.25) is 9.69 Å². The zero-order chi connectivity index (χ0) is 19.5. The molecule has 7 nitrogen and oxygen atoms in total. The van der Waals surface area contributed by atoms with Gasteiger partial charge in [0.2, 0.25) is 5.89 Å². The summed E-state index contributed by atoms with van der Waals surface area (Å²) in [5.41, 5.74) is 2.28. The van der Waals surface area contributed by atoms with Crippen LogP contribution in [0.25, 0.3) is 11.1 Å². The fourth-order valence-electron chi connectivity index (χ4n) is 3.44. The lowest BCUT2D eigenvalue weighted by atomic mass is 10.1. The first-order valence-corrected chi connectivity index (χ1v) is 9.26. The molecule has 0 N–H and O–H groups in total. The fourth-order valence-corrected chi connectivity index (χ4v) is 3.44. The number of amides is 1. The third kappa shape index (κ3) is 3.66. The van der Waals surface area contributed by atoms with Gasteiger partial charge in [0.1, 0.15) is 5.52 Å². The summed E-state index contributed by atoms with van der Waals surface area (Å²) in [4.78, 5) is 21.5. The Morgan fingerprint density at radius 3 is 2.50 bits per heavy atom. The highest BCUT2D eigenvalue weighted by Crippen LogP contribution is 2.28. The first-order chi connectivity index (χ1) is 13.7. The Hall–Kier alpha value is -3.06. The van der Waals surface area contributed by atoms with E-state index in [2.05, 4.69) is 9.88 Å². The van der Waals surface area contributed by atoms with Crippen LogP contribution in [0.3, 0.4) is 0 Å². The molecule has 2 aromatic carbocycles. The summed E-state index contributed by atoms with van der Waals surface area (Å²) in [5.74, 6) is 1.88. The quantitative estimate of drug-likeness (QED) is 0.677. The molecule has 1 aliphatic rings. The maximum Gasteiger partial charge on any atom is 0.254 e. The van der Waals surface area contributed by atoms with E-state index >= 15 is 0 Å². The van der Waals surface area contributed by atoms with Crippen LogP contribution in [0.4, 0.5) is 0 Å². The van der Waals surface area contributed by atoms with Gasteiger partial charge in [-0.25, -0.2) is 4.98 Å². The van der Waals surface area contributed by atoms with Gasteiger partial charge in [0.25, 0.3) is 5.91 Å². The Morgan fingerprint density at radius 2 is 1.79 bits per heavy atom. The largest absolute Gasteiger partial charge is 0.493 e. The molecule has 0 aliphatic carbocycles. The van der Waals surface area contributed by atoms with Crippen molar-refractivity contribution in [2.24, 2.45) is 0 Å². The molecule has 3 aromatic rings. The Morgan fingerprint density at radius 1 is 1.04 bits per heavy atom. The van der Waals surface area contributed by atoms with Gasteiger partial charge in [0.15, 0.2) is 17.1 Å². The van der Waals surface area contributed by atoms with Gasteiger partial charge < -0.3 is 18.8 Å². The molecule has 0 saturated carbocycles. The maximum atomic E-state index is 12.8. The molecule has 0 atom stereocenters. The van der Waals surface area contributed by atoms with Crippen molar-refractivity contribution < 1.29 is 18.7 Å². The number of methoxy groups -OCH3 is 2. The number of piperazine rings is 1. The lowest BCUT2D eigenvalue weighted by molar-refractivity contribution is 0.0618. The molecule has 0 bridgehead atoms. The number of rotatable bonds is 5. The number of hydrogen-bond acceptors (Lipinski definition) is 6. The lowest BCUT2D eigenvalue weighted by Crippen LogP contribution is -2.48. The van der Waals surface area contributed by atoms with Crippen molar-refractivity contribution in [3.05, 3.63) is 53.9 Å². The van der Waals surface area contributed by atoms with Crippen molar-refractivity contribution in [1.29, 1.82) is 0 Å². The van der Waals surface area contributed by atoms with Crippen molar-refractivity contribution in [2.45, 2.75) is 6.54 Å². The van der Waals surface area contributed by atoms with E-state index < -0.39 is 0 Å². The zero-order valence-electron chi connectivity index (χ0n) is 16.1. The third-order valence-electron chi connectivity index (χ3n) is 4.99. The van der Waals surface area contributed by atoms with Gasteiger partial charge in [-0.05, 0) is 30.3 Å². The van der Waals surface area contributed by atoms with Gasteiger partial charge in [-0.2, -0.15) is 0 Å². The minimum Gasteiger partial charge on any atom is -0.493 e. The van der Waals surface area contributed by atoms with Gasteiger partial charge >= 0.3 is 0 Å². The van der Waals surface area contributed by atoms with Crippen molar-refractivity contribution in [2.75, 3.05) is 40.4 Å².